The number of H-pyrrole nitrogens is 1. The molecule has 0 aliphatic carbocycles. The number of nitrogens with zero attached hydrogens (tertiary/aromatic N) is 1. The zero-order chi connectivity index (χ0) is 34.7. The van der Waals surface area contributed by atoms with Gasteiger partial charge in [-0.15, -0.1) is 0 Å². The largest absolute Gasteiger partial charge is 0.480 e. The smallest absolute Gasteiger partial charge is 0.273 e. The number of amides is 2. The van der Waals surface area contributed by atoms with Crippen LogP contribution in [0.4, 0.5) is 11.5 Å². The second-order valence-electron chi connectivity index (χ2n) is 12.8. The van der Waals surface area contributed by atoms with Gasteiger partial charge < -0.3 is 15.4 Å². The summed E-state index contributed by atoms with van der Waals surface area (Å²) in [6, 6.07) is 16.9. The number of halogens is 3. The Morgan fingerprint density at radius 1 is 0.872 bits per heavy atom. The van der Waals surface area contributed by atoms with Gasteiger partial charge >= 0.3 is 0 Å². The Morgan fingerprint density at radius 2 is 1.53 bits per heavy atom. The Morgan fingerprint density at radius 3 is 2.15 bits per heavy atom. The average molecular weight is 700 g/mol. The molecule has 1 atom stereocenters. The molecular weight excluding hydrogens is 659 g/mol. The van der Waals surface area contributed by atoms with E-state index >= 15 is 0 Å². The van der Waals surface area contributed by atoms with Gasteiger partial charge in [-0.1, -0.05) is 101 Å². The summed E-state index contributed by atoms with van der Waals surface area (Å²) in [6.45, 7) is 15.0. The Hall–Kier alpha value is -3.72. The van der Waals surface area contributed by atoms with E-state index in [4.69, 9.17) is 39.5 Å². The SMILES string of the molecule is CCC(Oc1ccc(C(C)(C)CC)cc1C(C)(C)CC)C(=O)Nc1cccc(C(=O)Nc2cc(=O)n(-c3c(Cl)cc(Cl)cc3Cl)[nH]2)c1. The molecular formula is C36H41Cl3N4O4. The molecule has 0 radical (unpaired) electrons. The summed E-state index contributed by atoms with van der Waals surface area (Å²) in [5.41, 5.74) is 2.53. The van der Waals surface area contributed by atoms with Crippen molar-refractivity contribution in [1.29, 1.82) is 0 Å². The third-order valence-corrected chi connectivity index (χ3v) is 9.55. The summed E-state index contributed by atoms with van der Waals surface area (Å²) >= 11 is 18.5. The molecule has 4 aromatic rings. The number of nitrogens with one attached hydrogen (secondary N) is 3. The Labute approximate surface area is 290 Å². The van der Waals surface area contributed by atoms with Crippen LogP contribution in [-0.2, 0) is 15.6 Å². The fourth-order valence-corrected chi connectivity index (χ4v) is 5.97. The maximum absolute atomic E-state index is 13.5. The number of carbonyl (C=O) groups is 2. The van der Waals surface area contributed by atoms with Crippen LogP contribution in [0.3, 0.4) is 0 Å². The van der Waals surface area contributed by atoms with Crippen LogP contribution >= 0.6 is 34.8 Å². The molecule has 0 aliphatic heterocycles. The van der Waals surface area contributed by atoms with Crippen molar-refractivity contribution in [3.8, 4) is 11.4 Å². The van der Waals surface area contributed by atoms with Crippen LogP contribution in [0.25, 0.3) is 5.69 Å². The first kappa shape index (κ1) is 36.1. The summed E-state index contributed by atoms with van der Waals surface area (Å²) in [5, 5.41) is 8.99. The monoisotopic (exact) mass is 698 g/mol. The summed E-state index contributed by atoms with van der Waals surface area (Å²) in [6.07, 6.45) is 1.57. The molecule has 0 aliphatic rings. The molecule has 0 bridgehead atoms. The van der Waals surface area contributed by atoms with Gasteiger partial charge in [0.1, 0.15) is 17.3 Å². The van der Waals surface area contributed by atoms with E-state index in [0.29, 0.717) is 22.9 Å². The highest BCUT2D eigenvalue weighted by atomic mass is 35.5. The molecule has 2 amide bonds. The fourth-order valence-electron chi connectivity index (χ4n) is 4.98. The van der Waals surface area contributed by atoms with Gasteiger partial charge in [0.05, 0.1) is 10.0 Å². The van der Waals surface area contributed by atoms with Gasteiger partial charge in [-0.2, -0.15) is 0 Å². The second kappa shape index (κ2) is 14.6. The fraction of sp³-hybridized carbons (Fsp3) is 0.361. The zero-order valence-electron chi connectivity index (χ0n) is 27.7. The molecule has 250 valence electrons. The van der Waals surface area contributed by atoms with Crippen molar-refractivity contribution in [3.05, 3.63) is 103 Å². The topological polar surface area (TPSA) is 105 Å². The maximum atomic E-state index is 13.5. The minimum Gasteiger partial charge on any atom is -0.480 e. The third-order valence-electron chi connectivity index (χ3n) is 8.76. The van der Waals surface area contributed by atoms with Crippen molar-refractivity contribution in [1.82, 2.24) is 9.78 Å². The molecule has 0 spiro atoms. The molecule has 47 heavy (non-hydrogen) atoms. The van der Waals surface area contributed by atoms with Crippen molar-refractivity contribution in [2.45, 2.75) is 84.7 Å². The van der Waals surface area contributed by atoms with E-state index in [-0.39, 0.29) is 43.9 Å². The number of benzene rings is 3. The van der Waals surface area contributed by atoms with E-state index in [1.807, 2.05) is 13.0 Å². The van der Waals surface area contributed by atoms with Crippen LogP contribution in [0.1, 0.15) is 89.2 Å². The molecule has 0 saturated carbocycles. The van der Waals surface area contributed by atoms with Gasteiger partial charge in [-0.05, 0) is 72.1 Å². The van der Waals surface area contributed by atoms with E-state index in [2.05, 4.69) is 69.4 Å². The number of hydrogen-bond acceptors (Lipinski definition) is 4. The molecule has 0 saturated heterocycles. The first-order valence-electron chi connectivity index (χ1n) is 15.6. The van der Waals surface area contributed by atoms with Gasteiger partial charge in [0.15, 0.2) is 6.10 Å². The Bertz CT molecular complexity index is 1820. The van der Waals surface area contributed by atoms with Crippen molar-refractivity contribution in [3.63, 3.8) is 0 Å². The van der Waals surface area contributed by atoms with Crippen LogP contribution in [0.15, 0.2) is 65.5 Å². The quantitative estimate of drug-likeness (QED) is 0.137. The highest BCUT2D eigenvalue weighted by Gasteiger charge is 2.29. The van der Waals surface area contributed by atoms with Crippen molar-refractivity contribution in [2.24, 2.45) is 0 Å². The lowest BCUT2D eigenvalue weighted by molar-refractivity contribution is -0.122. The molecule has 4 rings (SSSR count). The molecule has 1 aromatic heterocycles. The highest BCUT2D eigenvalue weighted by molar-refractivity contribution is 6.40. The zero-order valence-corrected chi connectivity index (χ0v) is 30.0. The van der Waals surface area contributed by atoms with E-state index in [1.54, 1.807) is 24.3 Å². The van der Waals surface area contributed by atoms with Gasteiger partial charge in [0.2, 0.25) is 0 Å². The Kier molecular flexibility index (Phi) is 11.2. The minimum atomic E-state index is -0.764. The molecule has 3 N–H and O–H groups in total. The molecule has 3 aromatic carbocycles. The predicted molar refractivity (Wildman–Crippen MR) is 192 cm³/mol. The number of ether oxygens (including phenoxy) is 1. The molecule has 0 fully saturated rings. The van der Waals surface area contributed by atoms with Crippen LogP contribution in [0, 0.1) is 0 Å². The molecule has 11 heteroatoms. The van der Waals surface area contributed by atoms with Gasteiger partial charge in [0.25, 0.3) is 17.4 Å². The number of aromatic nitrogens is 2. The maximum Gasteiger partial charge on any atom is 0.273 e. The van der Waals surface area contributed by atoms with Gasteiger partial charge in [-0.25, -0.2) is 4.68 Å². The Balaban J connectivity index is 1.51. The summed E-state index contributed by atoms with van der Waals surface area (Å²) in [7, 11) is 0. The number of aromatic amines is 1. The molecule has 8 nitrogen and oxygen atoms in total. The predicted octanol–water partition coefficient (Wildman–Crippen LogP) is 9.55. The average Bonchev–Trinajstić information content (AvgIpc) is 3.37. The van der Waals surface area contributed by atoms with Crippen LogP contribution < -0.4 is 20.9 Å². The van der Waals surface area contributed by atoms with Crippen molar-refractivity contribution < 1.29 is 14.3 Å². The standard InChI is InChI=1S/C36H41Cl3N4O4/c1-8-28(47-29-15-14-22(35(4,5)9-2)17-25(29)36(6,7)10-3)34(46)40-24-13-11-12-21(16-24)33(45)41-30-20-31(44)43(42-30)32-26(38)18-23(37)19-27(32)39/h11-20,28,42H,8-10H2,1-7H3,(H,40,46)(H,41,45). The first-order chi connectivity index (χ1) is 22.1. The van der Waals surface area contributed by atoms with Crippen LogP contribution in [-0.4, -0.2) is 27.7 Å². The highest BCUT2D eigenvalue weighted by Crippen LogP contribution is 2.39. The lowest BCUT2D eigenvalue weighted by Gasteiger charge is -2.31. The number of rotatable bonds is 12. The van der Waals surface area contributed by atoms with E-state index in [9.17, 15) is 14.4 Å². The van der Waals surface area contributed by atoms with Crippen LogP contribution in [0.2, 0.25) is 15.1 Å². The molecule has 1 unspecified atom stereocenters. The minimum absolute atomic E-state index is 0.00730. The van der Waals surface area contributed by atoms with E-state index in [1.165, 1.54) is 23.8 Å². The summed E-state index contributed by atoms with van der Waals surface area (Å²) in [5.74, 6) is -0.0334. The number of hydrogen-bond donors (Lipinski definition) is 3. The second-order valence-corrected chi connectivity index (χ2v) is 14.0. The van der Waals surface area contributed by atoms with Crippen LogP contribution in [0.5, 0.6) is 5.75 Å². The van der Waals surface area contributed by atoms with Crippen molar-refractivity contribution >= 4 is 58.1 Å². The van der Waals surface area contributed by atoms with E-state index in [0.717, 1.165) is 23.1 Å². The van der Waals surface area contributed by atoms with E-state index < -0.39 is 17.6 Å². The van der Waals surface area contributed by atoms with Crippen molar-refractivity contribution in [2.75, 3.05) is 10.6 Å². The number of anilines is 2. The normalized spacial score (nSPS) is 12.5. The molecule has 1 heterocycles. The lowest BCUT2D eigenvalue weighted by Crippen LogP contribution is -2.33. The third kappa shape index (κ3) is 8.23. The van der Waals surface area contributed by atoms with Gasteiger partial charge in [-0.3, -0.25) is 19.5 Å². The number of carbonyl (C=O) groups excluding carboxylic acids is 2. The summed E-state index contributed by atoms with van der Waals surface area (Å²) < 4.78 is 7.51. The first-order valence-corrected chi connectivity index (χ1v) is 16.7. The lowest BCUT2D eigenvalue weighted by atomic mass is 9.76. The van der Waals surface area contributed by atoms with Gasteiger partial charge in [0, 0.05) is 27.9 Å². The summed E-state index contributed by atoms with van der Waals surface area (Å²) in [4.78, 5) is 39.3.